The predicted octanol–water partition coefficient (Wildman–Crippen LogP) is 5.63. The quantitative estimate of drug-likeness (QED) is 0.630. The van der Waals surface area contributed by atoms with E-state index in [2.05, 4.69) is 59.3 Å². The Kier molecular flexibility index (Phi) is 2.73. The fraction of sp³-hybridized carbons (Fsp3) is 0.444. The minimum Gasteiger partial charge on any atom is -0.0835 e. The summed E-state index contributed by atoms with van der Waals surface area (Å²) >= 11 is 4.03. The zero-order chi connectivity index (χ0) is 13.0. The van der Waals surface area contributed by atoms with Gasteiger partial charge in [-0.1, -0.05) is 52.3 Å². The van der Waals surface area contributed by atoms with Crippen LogP contribution in [0.4, 0.5) is 0 Å². The van der Waals surface area contributed by atoms with E-state index in [0.717, 1.165) is 17.8 Å². The molecule has 0 radical (unpaired) electrons. The molecule has 0 saturated heterocycles. The SMILES string of the molecule is Cc1ccc2ccccc2c1C(Br)C1CC2CC2C1. The van der Waals surface area contributed by atoms with E-state index >= 15 is 0 Å². The van der Waals surface area contributed by atoms with Crippen molar-refractivity contribution in [1.82, 2.24) is 0 Å². The summed E-state index contributed by atoms with van der Waals surface area (Å²) in [5.74, 6) is 2.95. The van der Waals surface area contributed by atoms with Gasteiger partial charge in [0.25, 0.3) is 0 Å². The molecule has 98 valence electrons. The fourth-order valence-electron chi connectivity index (χ4n) is 4.01. The lowest BCUT2D eigenvalue weighted by Crippen LogP contribution is -2.07. The number of aryl methyl sites for hydroxylation is 1. The van der Waals surface area contributed by atoms with Crippen LogP contribution in [0.1, 0.15) is 35.2 Å². The lowest BCUT2D eigenvalue weighted by Gasteiger charge is -2.23. The van der Waals surface area contributed by atoms with E-state index in [-0.39, 0.29) is 0 Å². The normalized spacial score (nSPS) is 30.3. The Morgan fingerprint density at radius 1 is 1.00 bits per heavy atom. The molecule has 2 aromatic carbocycles. The topological polar surface area (TPSA) is 0 Å². The fourth-order valence-corrected chi connectivity index (χ4v) is 5.05. The molecule has 2 aliphatic carbocycles. The Bertz CT molecular complexity index is 621. The van der Waals surface area contributed by atoms with Crippen LogP contribution >= 0.6 is 15.9 Å². The van der Waals surface area contributed by atoms with Crippen LogP contribution in [0.5, 0.6) is 0 Å². The van der Waals surface area contributed by atoms with Crippen LogP contribution < -0.4 is 0 Å². The average Bonchev–Trinajstić information content (AvgIpc) is 3.04. The standard InChI is InChI=1S/C18H19Br/c1-11-6-7-12-4-2-3-5-16(12)17(11)18(19)15-9-13-8-14(13)10-15/h2-7,13-15,18H,8-10H2,1H3. The Morgan fingerprint density at radius 2 is 1.74 bits per heavy atom. The summed E-state index contributed by atoms with van der Waals surface area (Å²) in [6.07, 6.45) is 4.37. The van der Waals surface area contributed by atoms with Gasteiger partial charge in [-0.05, 0) is 65.8 Å². The molecule has 19 heavy (non-hydrogen) atoms. The number of alkyl halides is 1. The Morgan fingerprint density at radius 3 is 2.53 bits per heavy atom. The summed E-state index contributed by atoms with van der Waals surface area (Å²) in [6.45, 7) is 2.26. The van der Waals surface area contributed by atoms with E-state index in [1.54, 1.807) is 0 Å². The van der Waals surface area contributed by atoms with Gasteiger partial charge in [0, 0.05) is 4.83 Å². The molecule has 0 heterocycles. The van der Waals surface area contributed by atoms with E-state index in [0.29, 0.717) is 4.83 Å². The smallest absolute Gasteiger partial charge is 0.0432 e. The van der Waals surface area contributed by atoms with Crippen molar-refractivity contribution in [3.63, 3.8) is 0 Å². The van der Waals surface area contributed by atoms with Gasteiger partial charge in [0.2, 0.25) is 0 Å². The van der Waals surface area contributed by atoms with Crippen molar-refractivity contribution in [1.29, 1.82) is 0 Å². The van der Waals surface area contributed by atoms with Crippen LogP contribution in [-0.2, 0) is 0 Å². The Balaban J connectivity index is 1.78. The number of benzene rings is 2. The summed E-state index contributed by atoms with van der Waals surface area (Å²) in [4.78, 5) is 0.534. The second-order valence-corrected chi connectivity index (χ2v) is 7.39. The zero-order valence-electron chi connectivity index (χ0n) is 11.3. The van der Waals surface area contributed by atoms with Gasteiger partial charge >= 0.3 is 0 Å². The highest BCUT2D eigenvalue weighted by atomic mass is 79.9. The van der Waals surface area contributed by atoms with Crippen LogP contribution in [0.15, 0.2) is 36.4 Å². The summed E-state index contributed by atoms with van der Waals surface area (Å²) in [7, 11) is 0. The largest absolute Gasteiger partial charge is 0.0835 e. The molecule has 3 unspecified atom stereocenters. The summed E-state index contributed by atoms with van der Waals surface area (Å²) < 4.78 is 0. The molecule has 0 bridgehead atoms. The highest BCUT2D eigenvalue weighted by molar-refractivity contribution is 9.09. The molecule has 2 aliphatic rings. The lowest BCUT2D eigenvalue weighted by atomic mass is 9.89. The Hall–Kier alpha value is -0.820. The first-order valence-electron chi connectivity index (χ1n) is 7.36. The maximum atomic E-state index is 4.03. The first-order valence-corrected chi connectivity index (χ1v) is 8.28. The number of rotatable bonds is 2. The molecule has 0 spiro atoms. The summed E-state index contributed by atoms with van der Waals surface area (Å²) in [6, 6.07) is 13.3. The van der Waals surface area contributed by atoms with Gasteiger partial charge in [-0.15, -0.1) is 0 Å². The van der Waals surface area contributed by atoms with Gasteiger partial charge in [0.15, 0.2) is 0 Å². The molecule has 2 aromatic rings. The molecule has 2 fully saturated rings. The van der Waals surface area contributed by atoms with Crippen LogP contribution in [-0.4, -0.2) is 0 Å². The third kappa shape index (κ3) is 1.94. The second-order valence-electron chi connectivity index (χ2n) is 6.41. The van der Waals surface area contributed by atoms with Gasteiger partial charge in [0.05, 0.1) is 0 Å². The monoisotopic (exact) mass is 314 g/mol. The van der Waals surface area contributed by atoms with Gasteiger partial charge in [-0.3, -0.25) is 0 Å². The molecule has 4 rings (SSSR count). The Labute approximate surface area is 123 Å². The number of hydrogen-bond acceptors (Lipinski definition) is 0. The van der Waals surface area contributed by atoms with E-state index in [4.69, 9.17) is 0 Å². The first kappa shape index (κ1) is 12.0. The van der Waals surface area contributed by atoms with Crippen LogP contribution in [0, 0.1) is 24.7 Å². The van der Waals surface area contributed by atoms with Crippen LogP contribution in [0.2, 0.25) is 0 Å². The highest BCUT2D eigenvalue weighted by Crippen LogP contribution is 2.59. The number of halogens is 1. The lowest BCUT2D eigenvalue weighted by molar-refractivity contribution is 0.482. The van der Waals surface area contributed by atoms with Crippen LogP contribution in [0.25, 0.3) is 10.8 Å². The van der Waals surface area contributed by atoms with Gasteiger partial charge in [-0.25, -0.2) is 0 Å². The zero-order valence-corrected chi connectivity index (χ0v) is 12.9. The minimum atomic E-state index is 0.534. The average molecular weight is 315 g/mol. The van der Waals surface area contributed by atoms with Gasteiger partial charge < -0.3 is 0 Å². The van der Waals surface area contributed by atoms with Crippen molar-refractivity contribution in [2.45, 2.75) is 31.0 Å². The maximum absolute atomic E-state index is 4.03. The van der Waals surface area contributed by atoms with E-state index < -0.39 is 0 Å². The third-order valence-corrected chi connectivity index (χ3v) is 6.36. The molecule has 3 atom stereocenters. The van der Waals surface area contributed by atoms with Gasteiger partial charge in [0.1, 0.15) is 0 Å². The van der Waals surface area contributed by atoms with E-state index in [9.17, 15) is 0 Å². The van der Waals surface area contributed by atoms with Crippen molar-refractivity contribution >= 4 is 26.7 Å². The van der Waals surface area contributed by atoms with Crippen molar-refractivity contribution < 1.29 is 0 Å². The number of hydrogen-bond donors (Lipinski definition) is 0. The van der Waals surface area contributed by atoms with Crippen molar-refractivity contribution in [3.05, 3.63) is 47.5 Å². The molecule has 2 saturated carbocycles. The van der Waals surface area contributed by atoms with E-state index in [1.165, 1.54) is 41.2 Å². The van der Waals surface area contributed by atoms with E-state index in [1.807, 2.05) is 0 Å². The molecular formula is C18H19Br. The van der Waals surface area contributed by atoms with Crippen LogP contribution in [0.3, 0.4) is 0 Å². The highest BCUT2D eigenvalue weighted by Gasteiger charge is 2.47. The number of fused-ring (bicyclic) bond motifs is 2. The molecule has 0 N–H and O–H groups in total. The first-order chi connectivity index (χ1) is 9.24. The molecular weight excluding hydrogens is 296 g/mol. The molecule has 1 heteroatoms. The summed E-state index contributed by atoms with van der Waals surface area (Å²) in [5.41, 5.74) is 2.96. The predicted molar refractivity (Wildman–Crippen MR) is 84.7 cm³/mol. The second kappa shape index (κ2) is 4.34. The molecule has 0 amide bonds. The molecule has 0 aromatic heterocycles. The van der Waals surface area contributed by atoms with Crippen molar-refractivity contribution in [2.24, 2.45) is 17.8 Å². The summed E-state index contributed by atoms with van der Waals surface area (Å²) in [5, 5.41) is 2.81. The molecule has 0 nitrogen and oxygen atoms in total. The van der Waals surface area contributed by atoms with Gasteiger partial charge in [-0.2, -0.15) is 0 Å². The molecule has 0 aliphatic heterocycles. The minimum absolute atomic E-state index is 0.534. The van der Waals surface area contributed by atoms with Crippen molar-refractivity contribution in [3.8, 4) is 0 Å². The maximum Gasteiger partial charge on any atom is 0.0432 e. The third-order valence-electron chi connectivity index (χ3n) is 5.16. The van der Waals surface area contributed by atoms with Crippen molar-refractivity contribution in [2.75, 3.05) is 0 Å².